The molecule has 0 radical (unpaired) electrons. The van der Waals surface area contributed by atoms with E-state index in [1.54, 1.807) is 6.92 Å². The highest BCUT2D eigenvalue weighted by Gasteiger charge is 2.04. The molecule has 1 aliphatic heterocycles. The average molecular weight is 116 g/mol. The van der Waals surface area contributed by atoms with Gasteiger partial charge in [0.15, 0.2) is 0 Å². The van der Waals surface area contributed by atoms with Crippen LogP contribution in [0.3, 0.4) is 0 Å². The quantitative estimate of drug-likeness (QED) is 0.515. The molecule has 1 fully saturated rings. The molecule has 0 aliphatic carbocycles. The van der Waals surface area contributed by atoms with E-state index in [0.717, 1.165) is 26.2 Å². The second-order valence-corrected chi connectivity index (χ2v) is 1.96. The number of likely N-dealkylation sites (N-methyl/N-ethyl adjacent to an activating group) is 1. The van der Waals surface area contributed by atoms with Crippen molar-refractivity contribution in [3.05, 3.63) is 0 Å². The number of nitrogens with zero attached hydrogens (tertiary/aromatic N) is 1. The molecular formula is C6H14N2. The summed E-state index contributed by atoms with van der Waals surface area (Å²) in [6, 6.07) is 0. The maximum atomic E-state index is 7.39. The summed E-state index contributed by atoms with van der Waals surface area (Å²) in [6.45, 7) is 3.94. The van der Waals surface area contributed by atoms with E-state index in [2.05, 4.69) is 5.32 Å². The van der Waals surface area contributed by atoms with Crippen molar-refractivity contribution >= 4 is 0 Å². The van der Waals surface area contributed by atoms with Crippen LogP contribution in [0.5, 0.6) is 0 Å². The van der Waals surface area contributed by atoms with E-state index in [-0.39, 0.29) is 0 Å². The smallest absolute Gasteiger partial charge is 0.0428 e. The van der Waals surface area contributed by atoms with Crippen LogP contribution < -0.4 is 5.32 Å². The molecule has 1 rings (SSSR count). The fraction of sp³-hybridized carbons (Fsp3) is 1.00. The van der Waals surface area contributed by atoms with Crippen LogP contribution in [-0.2, 0) is 0 Å². The lowest BCUT2D eigenvalue weighted by Crippen LogP contribution is -2.43. The van der Waals surface area contributed by atoms with Crippen LogP contribution in [0, 0.1) is 0 Å². The van der Waals surface area contributed by atoms with Gasteiger partial charge in [0.1, 0.15) is 0 Å². The van der Waals surface area contributed by atoms with Gasteiger partial charge in [-0.25, -0.2) is 0 Å². The van der Waals surface area contributed by atoms with Gasteiger partial charge in [-0.2, -0.15) is 0 Å². The van der Waals surface area contributed by atoms with Crippen molar-refractivity contribution in [1.29, 1.82) is 0 Å². The molecule has 2 heteroatoms. The second kappa shape index (κ2) is 3.05. The highest BCUT2D eigenvalue weighted by Crippen LogP contribution is 1.88. The molecule has 0 unspecified atom stereocenters. The number of rotatable bonds is 1. The highest BCUT2D eigenvalue weighted by atomic mass is 15.2. The van der Waals surface area contributed by atoms with Crippen molar-refractivity contribution in [2.24, 2.45) is 0 Å². The fourth-order valence-corrected chi connectivity index (χ4v) is 0.888. The van der Waals surface area contributed by atoms with Crippen LogP contribution in [-0.4, -0.2) is 37.6 Å². The van der Waals surface area contributed by atoms with Gasteiger partial charge in [-0.05, 0) is 6.50 Å². The maximum Gasteiger partial charge on any atom is 0.0428 e. The summed E-state index contributed by atoms with van der Waals surface area (Å²) in [6.07, 6.45) is 0. The Morgan fingerprint density at radius 3 is 2.62 bits per heavy atom. The van der Waals surface area contributed by atoms with E-state index in [0.29, 0.717) is 0 Å². The van der Waals surface area contributed by atoms with Crippen molar-refractivity contribution < 1.29 is 2.74 Å². The predicted molar refractivity (Wildman–Crippen MR) is 35.0 cm³/mol. The Morgan fingerprint density at radius 2 is 2.25 bits per heavy atom. The van der Waals surface area contributed by atoms with Crippen molar-refractivity contribution in [2.45, 2.75) is 6.92 Å². The second-order valence-electron chi connectivity index (χ2n) is 1.96. The lowest BCUT2D eigenvalue weighted by molar-refractivity contribution is 0.253. The lowest BCUT2D eigenvalue weighted by Gasteiger charge is -2.25. The summed E-state index contributed by atoms with van der Waals surface area (Å²) >= 11 is 0. The molecule has 0 amide bonds. The first-order valence-corrected chi connectivity index (χ1v) is 3.06. The number of nitrogens with one attached hydrogen (secondary N) is 1. The summed E-state index contributed by atoms with van der Waals surface area (Å²) in [4.78, 5) is 1.85. The molecule has 0 aromatic rings. The molecule has 0 aromatic heterocycles. The minimum absolute atomic E-state index is 0.823. The predicted octanol–water partition coefficient (Wildman–Crippen LogP) is -0.0885. The van der Waals surface area contributed by atoms with E-state index < -0.39 is 6.50 Å². The molecular weight excluding hydrogens is 100 g/mol. The summed E-state index contributed by atoms with van der Waals surface area (Å²) in [7, 11) is 0. The zero-order valence-corrected chi connectivity index (χ0v) is 5.28. The molecule has 1 aliphatic rings. The van der Waals surface area contributed by atoms with Crippen LogP contribution in [0.15, 0.2) is 0 Å². The van der Waals surface area contributed by atoms with E-state index in [4.69, 9.17) is 2.74 Å². The first-order valence-electron chi connectivity index (χ1n) is 4.06. The van der Waals surface area contributed by atoms with Gasteiger partial charge < -0.3 is 10.2 Å². The van der Waals surface area contributed by atoms with E-state index >= 15 is 0 Å². The number of hydrogen-bond donors (Lipinski definition) is 1. The topological polar surface area (TPSA) is 15.3 Å². The van der Waals surface area contributed by atoms with Gasteiger partial charge in [-0.15, -0.1) is 0 Å². The van der Waals surface area contributed by atoms with Gasteiger partial charge in [0, 0.05) is 28.9 Å². The first kappa shape index (κ1) is 3.85. The Morgan fingerprint density at radius 1 is 1.62 bits per heavy atom. The van der Waals surface area contributed by atoms with Gasteiger partial charge >= 0.3 is 0 Å². The third kappa shape index (κ3) is 1.46. The van der Waals surface area contributed by atoms with Gasteiger partial charge in [-0.1, -0.05) is 6.92 Å². The Kier molecular flexibility index (Phi) is 1.47. The van der Waals surface area contributed by atoms with Gasteiger partial charge in [0.05, 0.1) is 0 Å². The molecule has 0 spiro atoms. The third-order valence-electron chi connectivity index (χ3n) is 1.43. The van der Waals surface area contributed by atoms with Crippen molar-refractivity contribution in [2.75, 3.05) is 32.7 Å². The molecule has 1 heterocycles. The summed E-state index contributed by atoms with van der Waals surface area (Å²) in [5.41, 5.74) is 0. The Bertz CT molecular complexity index is 105. The molecule has 0 atom stereocenters. The SMILES string of the molecule is [2H]C([2H])(C)N1CCNCC1. The van der Waals surface area contributed by atoms with Crippen molar-refractivity contribution in [1.82, 2.24) is 10.2 Å². The van der Waals surface area contributed by atoms with Crippen LogP contribution in [0.1, 0.15) is 9.67 Å². The van der Waals surface area contributed by atoms with E-state index in [1.807, 2.05) is 4.90 Å². The molecule has 2 nitrogen and oxygen atoms in total. The van der Waals surface area contributed by atoms with E-state index in [1.165, 1.54) is 0 Å². The molecule has 0 saturated carbocycles. The zero-order valence-electron chi connectivity index (χ0n) is 7.28. The average Bonchev–Trinajstić information content (AvgIpc) is 1.88. The summed E-state index contributed by atoms with van der Waals surface area (Å²) < 4.78 is 14.8. The molecule has 8 heavy (non-hydrogen) atoms. The Balaban J connectivity index is 2.39. The molecule has 0 bridgehead atoms. The minimum Gasteiger partial charge on any atom is -0.314 e. The molecule has 1 N–H and O–H groups in total. The Hall–Kier alpha value is -0.0800. The number of hydrogen-bond acceptors (Lipinski definition) is 2. The van der Waals surface area contributed by atoms with Gasteiger partial charge in [-0.3, -0.25) is 0 Å². The van der Waals surface area contributed by atoms with Crippen LogP contribution in [0.2, 0.25) is 0 Å². The first-order chi connectivity index (χ1) is 4.61. The van der Waals surface area contributed by atoms with E-state index in [9.17, 15) is 0 Å². The van der Waals surface area contributed by atoms with Crippen LogP contribution >= 0.6 is 0 Å². The Labute approximate surface area is 53.7 Å². The van der Waals surface area contributed by atoms with Crippen LogP contribution in [0.4, 0.5) is 0 Å². The highest BCUT2D eigenvalue weighted by molar-refractivity contribution is 4.64. The monoisotopic (exact) mass is 116 g/mol. The lowest BCUT2D eigenvalue weighted by atomic mass is 10.4. The molecule has 0 aromatic carbocycles. The maximum absolute atomic E-state index is 7.39. The fourth-order valence-electron chi connectivity index (χ4n) is 0.888. The normalized spacial score (nSPS) is 29.1. The third-order valence-corrected chi connectivity index (χ3v) is 1.43. The summed E-state index contributed by atoms with van der Waals surface area (Å²) in [5.74, 6) is 0. The van der Waals surface area contributed by atoms with Gasteiger partial charge in [0.25, 0.3) is 0 Å². The molecule has 48 valence electrons. The van der Waals surface area contributed by atoms with Crippen molar-refractivity contribution in [3.8, 4) is 0 Å². The number of piperazine rings is 1. The standard InChI is InChI=1S/C6H14N2/c1-2-8-5-3-7-4-6-8/h7H,2-6H2,1H3/i2D2. The largest absolute Gasteiger partial charge is 0.314 e. The molecule has 1 saturated heterocycles. The zero-order chi connectivity index (χ0) is 7.61. The van der Waals surface area contributed by atoms with Crippen LogP contribution in [0.25, 0.3) is 0 Å². The summed E-state index contributed by atoms with van der Waals surface area (Å²) in [5, 5.41) is 3.18. The minimum atomic E-state index is -1.14. The van der Waals surface area contributed by atoms with Crippen molar-refractivity contribution in [3.63, 3.8) is 0 Å². The van der Waals surface area contributed by atoms with Gasteiger partial charge in [0.2, 0.25) is 0 Å².